The number of aryl methyl sites for hydroxylation is 1. The molecular weight excluding hydrogens is 256 g/mol. The second-order valence-electron chi connectivity index (χ2n) is 4.41. The summed E-state index contributed by atoms with van der Waals surface area (Å²) in [7, 11) is 3.17. The van der Waals surface area contributed by atoms with Gasteiger partial charge in [-0.1, -0.05) is 6.92 Å². The number of ether oxygens (including phenoxy) is 2. The van der Waals surface area contributed by atoms with Gasteiger partial charge in [-0.3, -0.25) is 4.79 Å². The van der Waals surface area contributed by atoms with Crippen LogP contribution in [0.4, 0.5) is 0 Å². The molecular formula is C15H18N2O3. The summed E-state index contributed by atoms with van der Waals surface area (Å²) >= 11 is 0. The number of methoxy groups -OCH3 is 2. The molecule has 0 radical (unpaired) electrons. The van der Waals surface area contributed by atoms with Crippen LogP contribution in [0.2, 0.25) is 0 Å². The van der Waals surface area contributed by atoms with Gasteiger partial charge in [0.25, 0.3) is 5.56 Å². The van der Waals surface area contributed by atoms with Gasteiger partial charge in [-0.25, -0.2) is 4.98 Å². The lowest BCUT2D eigenvalue weighted by molar-refractivity contribution is 0.404. The van der Waals surface area contributed by atoms with Crippen molar-refractivity contribution in [1.82, 2.24) is 9.97 Å². The van der Waals surface area contributed by atoms with Crippen LogP contribution in [0.25, 0.3) is 11.4 Å². The summed E-state index contributed by atoms with van der Waals surface area (Å²) in [5.74, 6) is 1.81. The van der Waals surface area contributed by atoms with Crippen molar-refractivity contribution in [3.8, 4) is 22.9 Å². The Morgan fingerprint density at radius 1 is 1.25 bits per heavy atom. The minimum Gasteiger partial charge on any atom is -0.497 e. The van der Waals surface area contributed by atoms with Crippen molar-refractivity contribution in [3.63, 3.8) is 0 Å². The second-order valence-corrected chi connectivity index (χ2v) is 4.41. The highest BCUT2D eigenvalue weighted by atomic mass is 16.5. The molecule has 5 nitrogen and oxygen atoms in total. The summed E-state index contributed by atoms with van der Waals surface area (Å²) in [6.07, 6.45) is 0.703. The second kappa shape index (κ2) is 5.77. The maximum absolute atomic E-state index is 12.0. The van der Waals surface area contributed by atoms with Gasteiger partial charge in [0.2, 0.25) is 0 Å². The van der Waals surface area contributed by atoms with Crippen molar-refractivity contribution in [2.45, 2.75) is 20.3 Å². The molecule has 0 saturated heterocycles. The van der Waals surface area contributed by atoms with Gasteiger partial charge in [0.15, 0.2) is 0 Å². The Kier molecular flexibility index (Phi) is 4.08. The Morgan fingerprint density at radius 3 is 2.60 bits per heavy atom. The highest BCUT2D eigenvalue weighted by Crippen LogP contribution is 2.31. The van der Waals surface area contributed by atoms with E-state index in [4.69, 9.17) is 9.47 Å². The van der Waals surface area contributed by atoms with Crippen LogP contribution in [0, 0.1) is 6.92 Å². The third kappa shape index (κ3) is 2.52. The molecule has 20 heavy (non-hydrogen) atoms. The van der Waals surface area contributed by atoms with Gasteiger partial charge in [0.1, 0.15) is 17.3 Å². The van der Waals surface area contributed by atoms with Crippen LogP contribution in [0.5, 0.6) is 11.5 Å². The summed E-state index contributed by atoms with van der Waals surface area (Å²) in [4.78, 5) is 19.3. The van der Waals surface area contributed by atoms with E-state index in [1.165, 1.54) is 0 Å². The van der Waals surface area contributed by atoms with Crippen molar-refractivity contribution in [2.75, 3.05) is 14.2 Å². The van der Waals surface area contributed by atoms with E-state index >= 15 is 0 Å². The molecule has 0 aliphatic heterocycles. The van der Waals surface area contributed by atoms with E-state index in [1.54, 1.807) is 39.3 Å². The highest BCUT2D eigenvalue weighted by molar-refractivity contribution is 5.66. The molecule has 1 heterocycles. The minimum atomic E-state index is -0.128. The van der Waals surface area contributed by atoms with Gasteiger partial charge in [-0.05, 0) is 31.5 Å². The molecule has 0 aliphatic carbocycles. The molecule has 0 spiro atoms. The molecule has 0 saturated carbocycles. The van der Waals surface area contributed by atoms with Crippen LogP contribution in [-0.2, 0) is 6.42 Å². The first kappa shape index (κ1) is 14.1. The Hall–Kier alpha value is -2.30. The van der Waals surface area contributed by atoms with E-state index in [0.29, 0.717) is 34.9 Å². The molecule has 1 aromatic heterocycles. The number of H-pyrrole nitrogens is 1. The molecule has 0 bridgehead atoms. The molecule has 1 aromatic carbocycles. The average molecular weight is 274 g/mol. The number of rotatable bonds is 4. The van der Waals surface area contributed by atoms with Crippen molar-refractivity contribution in [2.24, 2.45) is 0 Å². The van der Waals surface area contributed by atoms with Gasteiger partial charge in [-0.15, -0.1) is 0 Å². The monoisotopic (exact) mass is 274 g/mol. The topological polar surface area (TPSA) is 64.2 Å². The third-order valence-corrected chi connectivity index (χ3v) is 3.25. The normalized spacial score (nSPS) is 10.4. The van der Waals surface area contributed by atoms with E-state index in [1.807, 2.05) is 6.92 Å². The van der Waals surface area contributed by atoms with Crippen LogP contribution in [0.1, 0.15) is 18.2 Å². The van der Waals surface area contributed by atoms with Gasteiger partial charge in [0, 0.05) is 5.56 Å². The first-order valence-corrected chi connectivity index (χ1v) is 6.42. The van der Waals surface area contributed by atoms with Gasteiger partial charge in [0.05, 0.1) is 25.5 Å². The zero-order valence-electron chi connectivity index (χ0n) is 12.1. The number of aromatic amines is 1. The molecule has 1 N–H and O–H groups in total. The van der Waals surface area contributed by atoms with Crippen LogP contribution in [0.15, 0.2) is 23.0 Å². The third-order valence-electron chi connectivity index (χ3n) is 3.25. The lowest BCUT2D eigenvalue weighted by Crippen LogP contribution is -2.16. The molecule has 5 heteroatoms. The zero-order valence-corrected chi connectivity index (χ0v) is 12.1. The van der Waals surface area contributed by atoms with Crippen molar-refractivity contribution in [3.05, 3.63) is 39.8 Å². The predicted octanol–water partition coefficient (Wildman–Crippen LogP) is 2.32. The van der Waals surface area contributed by atoms with E-state index in [2.05, 4.69) is 9.97 Å². The molecule has 0 unspecified atom stereocenters. The number of aromatic nitrogens is 2. The highest BCUT2D eigenvalue weighted by Gasteiger charge is 2.13. The maximum atomic E-state index is 12.0. The Morgan fingerprint density at radius 2 is 2.00 bits per heavy atom. The fourth-order valence-corrected chi connectivity index (χ4v) is 2.05. The number of hydrogen-bond donors (Lipinski definition) is 1. The van der Waals surface area contributed by atoms with Crippen LogP contribution < -0.4 is 15.0 Å². The van der Waals surface area contributed by atoms with E-state index in [0.717, 1.165) is 5.69 Å². The zero-order chi connectivity index (χ0) is 14.7. The summed E-state index contributed by atoms with van der Waals surface area (Å²) in [5.41, 5.74) is 2.02. The van der Waals surface area contributed by atoms with E-state index < -0.39 is 0 Å². The number of benzene rings is 1. The minimum absolute atomic E-state index is 0.128. The lowest BCUT2D eigenvalue weighted by atomic mass is 10.1. The molecule has 106 valence electrons. The summed E-state index contributed by atoms with van der Waals surface area (Å²) < 4.78 is 10.5. The molecule has 2 rings (SSSR count). The fourth-order valence-electron chi connectivity index (χ4n) is 2.05. The molecule has 0 atom stereocenters. The Labute approximate surface area is 117 Å². The molecule has 0 aliphatic rings. The largest absolute Gasteiger partial charge is 0.497 e. The average Bonchev–Trinajstić information content (AvgIpc) is 2.49. The quantitative estimate of drug-likeness (QED) is 0.929. The van der Waals surface area contributed by atoms with Crippen molar-refractivity contribution < 1.29 is 9.47 Å². The predicted molar refractivity (Wildman–Crippen MR) is 77.5 cm³/mol. The van der Waals surface area contributed by atoms with Gasteiger partial charge in [-0.2, -0.15) is 0 Å². The Bertz CT molecular complexity index is 677. The maximum Gasteiger partial charge on any atom is 0.254 e. The van der Waals surface area contributed by atoms with Crippen LogP contribution in [0.3, 0.4) is 0 Å². The Balaban J connectivity index is 2.67. The van der Waals surface area contributed by atoms with Crippen molar-refractivity contribution in [1.29, 1.82) is 0 Å². The molecule has 0 amide bonds. The number of nitrogens with zero attached hydrogens (tertiary/aromatic N) is 1. The van der Waals surface area contributed by atoms with Gasteiger partial charge >= 0.3 is 0 Å². The molecule has 0 fully saturated rings. The fraction of sp³-hybridized carbons (Fsp3) is 0.333. The number of nitrogens with one attached hydrogen (secondary N) is 1. The molecule has 2 aromatic rings. The van der Waals surface area contributed by atoms with Crippen LogP contribution >= 0.6 is 0 Å². The number of hydrogen-bond acceptors (Lipinski definition) is 4. The van der Waals surface area contributed by atoms with E-state index in [9.17, 15) is 4.79 Å². The lowest BCUT2D eigenvalue weighted by Gasteiger charge is -2.11. The van der Waals surface area contributed by atoms with E-state index in [-0.39, 0.29) is 5.56 Å². The summed E-state index contributed by atoms with van der Waals surface area (Å²) in [6.45, 7) is 3.75. The standard InChI is InChI=1S/C15H18N2O3/c1-5-12-9(2)15(18)17-14(16-12)11-8-10(19-3)6-7-13(11)20-4/h6-8H,5H2,1-4H3,(H,16,17,18). The summed E-state index contributed by atoms with van der Waals surface area (Å²) in [6, 6.07) is 5.39. The SMILES string of the molecule is CCc1nc(-c2cc(OC)ccc2OC)[nH]c(=O)c1C. The first-order chi connectivity index (χ1) is 9.60. The smallest absolute Gasteiger partial charge is 0.254 e. The van der Waals surface area contributed by atoms with Crippen molar-refractivity contribution >= 4 is 0 Å². The first-order valence-electron chi connectivity index (χ1n) is 6.42. The van der Waals surface area contributed by atoms with Gasteiger partial charge < -0.3 is 14.5 Å². The summed E-state index contributed by atoms with van der Waals surface area (Å²) in [5, 5.41) is 0. The van der Waals surface area contributed by atoms with Crippen LogP contribution in [-0.4, -0.2) is 24.2 Å².